The summed E-state index contributed by atoms with van der Waals surface area (Å²) in [6, 6.07) is 22.6. The van der Waals surface area contributed by atoms with Crippen molar-refractivity contribution in [2.45, 2.75) is 235 Å². The third kappa shape index (κ3) is 24.3. The van der Waals surface area contributed by atoms with Gasteiger partial charge in [0, 0.05) is 87.7 Å². The molecule has 10 atom stereocenters. The molecule has 10 aliphatic carbocycles. The highest BCUT2D eigenvalue weighted by Crippen LogP contribution is 2.44. The Kier molecular flexibility index (Phi) is 33.0. The number of benzene rings is 5. The van der Waals surface area contributed by atoms with E-state index in [2.05, 4.69) is 199 Å². The van der Waals surface area contributed by atoms with Crippen LogP contribution < -0.4 is 47.4 Å². The first kappa shape index (κ1) is 78.1. The van der Waals surface area contributed by atoms with Crippen LogP contribution in [0.4, 0.5) is 0 Å². The van der Waals surface area contributed by atoms with E-state index in [4.69, 9.17) is 47.4 Å². The zero-order chi connectivity index (χ0) is 69.1. The average Bonchev–Trinajstić information content (AvgIpc) is 1.05. The number of rotatable bonds is 40. The van der Waals surface area contributed by atoms with Gasteiger partial charge in [-0.05, 0) is 120 Å². The van der Waals surface area contributed by atoms with Gasteiger partial charge in [0.25, 0.3) is 0 Å². The molecule has 10 nitrogen and oxygen atoms in total. The molecule has 10 bridgehead atoms. The summed E-state index contributed by atoms with van der Waals surface area (Å²) in [5, 5.41) is 0. The molecule has 0 spiro atoms. The molecule has 0 radical (unpaired) electrons. The van der Waals surface area contributed by atoms with E-state index in [1.54, 1.807) is 0 Å². The molecule has 0 amide bonds. The van der Waals surface area contributed by atoms with Crippen LogP contribution in [0.15, 0.2) is 60.7 Å². The summed E-state index contributed by atoms with van der Waals surface area (Å²) in [6.45, 7) is 50.7. The largest absolute Gasteiger partial charge is 0.493 e. The lowest BCUT2D eigenvalue weighted by Gasteiger charge is -2.24. The van der Waals surface area contributed by atoms with Crippen LogP contribution in [0.1, 0.15) is 258 Å². The van der Waals surface area contributed by atoms with E-state index in [1.165, 1.54) is 0 Å². The van der Waals surface area contributed by atoms with E-state index in [9.17, 15) is 0 Å². The van der Waals surface area contributed by atoms with Crippen molar-refractivity contribution in [3.8, 4) is 57.5 Å². The molecule has 0 saturated carbocycles. The van der Waals surface area contributed by atoms with E-state index in [0.29, 0.717) is 157 Å². The maximum atomic E-state index is 7.13. The standard InChI is InChI=1S/C85H130O10/c1-21-56(11)46-86-76-36-67-32-69-39-81(91-51-61(16)26-6)71(41-80(69)90-50-60(15)25-5)34-73-43-85(95-55-65(20)30-10)75(45-84(73)94-54-64(19)29-9)35-74-44-82(92-52-62(17)27-7)72(42-83(74)93-53-63(18)28-8)33-70-40-78(88-48-58(13)23-3)68(38-79(70)89-49-59(14)24-4)31-66(76)37-77(67)87-47-57(12)22-2/h36-45,56-65H,21-35,46-55H2,1-20H3. The van der Waals surface area contributed by atoms with Crippen LogP contribution in [-0.4, -0.2) is 66.1 Å². The smallest absolute Gasteiger partial charge is 0.123 e. The Balaban J connectivity index is 1.83. The quantitative estimate of drug-likeness (QED) is 0.0370. The summed E-state index contributed by atoms with van der Waals surface area (Å²) in [4.78, 5) is 0. The van der Waals surface area contributed by atoms with Crippen LogP contribution in [0.3, 0.4) is 0 Å². The van der Waals surface area contributed by atoms with Crippen molar-refractivity contribution in [2.75, 3.05) is 66.1 Å². The highest BCUT2D eigenvalue weighted by molar-refractivity contribution is 5.60. The molecule has 95 heavy (non-hydrogen) atoms. The van der Waals surface area contributed by atoms with Gasteiger partial charge >= 0.3 is 0 Å². The van der Waals surface area contributed by atoms with Crippen LogP contribution in [0, 0.1) is 59.2 Å². The predicted octanol–water partition coefficient (Wildman–Crippen LogP) is 22.2. The summed E-state index contributed by atoms with van der Waals surface area (Å²) in [6.07, 6.45) is 12.5. The molecule has 5 aromatic carbocycles. The van der Waals surface area contributed by atoms with Crippen molar-refractivity contribution < 1.29 is 47.4 Å². The summed E-state index contributed by atoms with van der Waals surface area (Å²) >= 11 is 0. The first-order chi connectivity index (χ1) is 45.7. The molecule has 15 rings (SSSR count). The minimum Gasteiger partial charge on any atom is -0.493 e. The van der Waals surface area contributed by atoms with E-state index in [1.807, 2.05) is 0 Å². The lowest BCUT2D eigenvalue weighted by Crippen LogP contribution is -2.14. The second-order valence-electron chi connectivity index (χ2n) is 29.5. The fraction of sp³-hybridized carbons (Fsp3) is 0.647. The zero-order valence-electron chi connectivity index (χ0n) is 63.3. The predicted molar refractivity (Wildman–Crippen MR) is 396 cm³/mol. The van der Waals surface area contributed by atoms with Gasteiger partial charge in [-0.25, -0.2) is 0 Å². The minimum atomic E-state index is 0.332. The zero-order valence-corrected chi connectivity index (χ0v) is 63.3. The van der Waals surface area contributed by atoms with Crippen LogP contribution >= 0.6 is 0 Å². The van der Waals surface area contributed by atoms with E-state index < -0.39 is 0 Å². The summed E-state index contributed by atoms with van der Waals surface area (Å²) in [5.41, 5.74) is 10.3. The highest BCUT2D eigenvalue weighted by atomic mass is 16.5. The summed E-state index contributed by atoms with van der Waals surface area (Å²) < 4.78 is 71.3. The Labute approximate surface area is 578 Å². The maximum Gasteiger partial charge on any atom is 0.123 e. The molecular formula is C85H130O10. The van der Waals surface area contributed by atoms with Gasteiger partial charge in [-0.1, -0.05) is 203 Å². The monoisotopic (exact) mass is 1310 g/mol. The molecule has 0 fully saturated rings. The van der Waals surface area contributed by atoms with Gasteiger partial charge in [0.1, 0.15) is 57.5 Å². The van der Waals surface area contributed by atoms with Crippen molar-refractivity contribution in [2.24, 2.45) is 59.2 Å². The lowest BCUT2D eigenvalue weighted by molar-refractivity contribution is 0.243. The third-order valence-corrected chi connectivity index (χ3v) is 20.3. The normalized spacial score (nSPS) is 15.6. The molecule has 0 saturated heterocycles. The first-order valence-corrected chi connectivity index (χ1v) is 37.7. The van der Waals surface area contributed by atoms with Gasteiger partial charge in [0.2, 0.25) is 0 Å². The third-order valence-electron chi connectivity index (χ3n) is 20.3. The Morgan fingerprint density at radius 1 is 0.179 bits per heavy atom. The van der Waals surface area contributed by atoms with Crippen LogP contribution in [-0.2, 0) is 32.1 Å². The topological polar surface area (TPSA) is 92.3 Å². The fourth-order valence-electron chi connectivity index (χ4n) is 10.5. The average molecular weight is 1310 g/mol. The highest BCUT2D eigenvalue weighted by Gasteiger charge is 2.27. The van der Waals surface area contributed by atoms with Crippen molar-refractivity contribution >= 4 is 0 Å². The Hall–Kier alpha value is -5.90. The van der Waals surface area contributed by atoms with Gasteiger partial charge in [0.15, 0.2) is 0 Å². The van der Waals surface area contributed by atoms with Crippen molar-refractivity contribution in [1.29, 1.82) is 0 Å². The molecule has 10 heteroatoms. The Morgan fingerprint density at radius 3 is 0.337 bits per heavy atom. The molecule has 530 valence electrons. The van der Waals surface area contributed by atoms with Gasteiger partial charge in [-0.2, -0.15) is 0 Å². The number of hydrogen-bond acceptors (Lipinski definition) is 10. The van der Waals surface area contributed by atoms with E-state index in [-0.39, 0.29) is 0 Å². The van der Waals surface area contributed by atoms with E-state index in [0.717, 1.165) is 177 Å². The fourth-order valence-corrected chi connectivity index (χ4v) is 10.5. The molecular weight excluding hydrogens is 1180 g/mol. The van der Waals surface area contributed by atoms with Gasteiger partial charge < -0.3 is 47.4 Å². The molecule has 10 unspecified atom stereocenters. The van der Waals surface area contributed by atoms with Crippen molar-refractivity contribution in [3.05, 3.63) is 116 Å². The second kappa shape index (κ2) is 40.1. The van der Waals surface area contributed by atoms with E-state index >= 15 is 0 Å². The van der Waals surface area contributed by atoms with Crippen LogP contribution in [0.25, 0.3) is 0 Å². The molecule has 0 heterocycles. The SMILES string of the molecule is CCC(C)COc1cc2c(OCC(C)CC)cc1Cc1cc(OCC(C)CC)c(cc1OCC(C)CC)Cc1cc(OCC(C)CC)c(cc1OCC(C)CC)Cc1cc(OCC(C)CC)c(cc1OCC(C)CC)Cc1cc(OCC(C)CC)c(cc1OCC(C)CC)C2. The Bertz CT molecular complexity index is 2400. The number of ether oxygens (including phenoxy) is 10. The van der Waals surface area contributed by atoms with Gasteiger partial charge in [0.05, 0.1) is 66.1 Å². The molecule has 10 aliphatic rings. The molecule has 0 aromatic heterocycles. The van der Waals surface area contributed by atoms with Crippen LogP contribution in [0.2, 0.25) is 0 Å². The molecule has 0 aliphatic heterocycles. The maximum absolute atomic E-state index is 7.13. The molecule has 5 aromatic rings. The van der Waals surface area contributed by atoms with Gasteiger partial charge in [-0.3, -0.25) is 0 Å². The second-order valence-corrected chi connectivity index (χ2v) is 29.5. The summed E-state index contributed by atoms with van der Waals surface area (Å²) in [5.74, 6) is 11.7. The van der Waals surface area contributed by atoms with Gasteiger partial charge in [-0.15, -0.1) is 0 Å². The first-order valence-electron chi connectivity index (χ1n) is 37.7. The lowest BCUT2D eigenvalue weighted by atomic mass is 9.94. The number of hydrogen-bond donors (Lipinski definition) is 0. The van der Waals surface area contributed by atoms with Crippen molar-refractivity contribution in [3.63, 3.8) is 0 Å². The molecule has 0 N–H and O–H groups in total. The minimum absolute atomic E-state index is 0.332. The summed E-state index contributed by atoms with van der Waals surface area (Å²) in [7, 11) is 0. The Morgan fingerprint density at radius 2 is 0.263 bits per heavy atom. The van der Waals surface area contributed by atoms with Crippen LogP contribution in [0.5, 0.6) is 57.5 Å². The van der Waals surface area contributed by atoms with Crippen molar-refractivity contribution in [1.82, 2.24) is 0 Å².